The van der Waals surface area contributed by atoms with Gasteiger partial charge in [-0.05, 0) is 24.3 Å². The molecule has 1 atom stereocenters. The number of rotatable bonds is 2. The van der Waals surface area contributed by atoms with Crippen molar-refractivity contribution in [2.24, 2.45) is 5.41 Å². The Morgan fingerprint density at radius 2 is 2.17 bits per heavy atom. The van der Waals surface area contributed by atoms with Gasteiger partial charge in [0, 0.05) is 6.04 Å². The zero-order valence-corrected chi connectivity index (χ0v) is 11.8. The van der Waals surface area contributed by atoms with Gasteiger partial charge < -0.3 is 5.32 Å². The van der Waals surface area contributed by atoms with E-state index in [1.807, 2.05) is 0 Å². The van der Waals surface area contributed by atoms with Crippen LogP contribution in [-0.4, -0.2) is 22.1 Å². The first-order valence-electron chi connectivity index (χ1n) is 5.90. The van der Waals surface area contributed by atoms with Crippen LogP contribution in [0.3, 0.4) is 0 Å². The van der Waals surface area contributed by atoms with Crippen LogP contribution in [0.15, 0.2) is 6.07 Å². The van der Waals surface area contributed by atoms with Crippen molar-refractivity contribution in [2.45, 2.75) is 39.2 Å². The Bertz CT molecular complexity index is 476. The molecule has 4 nitrogen and oxygen atoms in total. The molecular formula is C12H15Cl2N3O. The lowest BCUT2D eigenvalue weighted by atomic mass is 9.87. The highest BCUT2D eigenvalue weighted by atomic mass is 35.5. The van der Waals surface area contributed by atoms with Gasteiger partial charge >= 0.3 is 0 Å². The molecule has 1 heterocycles. The number of amides is 1. The largest absolute Gasteiger partial charge is 0.349 e. The molecule has 0 saturated heterocycles. The number of hydrogen-bond donors (Lipinski definition) is 1. The summed E-state index contributed by atoms with van der Waals surface area (Å²) in [7, 11) is 0. The van der Waals surface area contributed by atoms with Crippen molar-refractivity contribution in [3.8, 4) is 0 Å². The van der Waals surface area contributed by atoms with E-state index in [-0.39, 0.29) is 33.2 Å². The van der Waals surface area contributed by atoms with Gasteiger partial charge in [0.05, 0.1) is 5.56 Å². The van der Waals surface area contributed by atoms with E-state index in [9.17, 15) is 4.79 Å². The van der Waals surface area contributed by atoms with E-state index in [0.717, 1.165) is 19.3 Å². The van der Waals surface area contributed by atoms with Crippen LogP contribution < -0.4 is 5.32 Å². The van der Waals surface area contributed by atoms with Gasteiger partial charge in [0.2, 0.25) is 0 Å². The van der Waals surface area contributed by atoms with E-state index in [2.05, 4.69) is 29.4 Å². The number of carbonyl (C=O) groups excluding carboxylic acids is 1. The van der Waals surface area contributed by atoms with E-state index in [0.29, 0.717) is 0 Å². The Kier molecular flexibility index (Phi) is 3.78. The molecule has 0 radical (unpaired) electrons. The van der Waals surface area contributed by atoms with E-state index in [1.165, 1.54) is 6.07 Å². The fourth-order valence-corrected chi connectivity index (χ4v) is 2.67. The maximum atomic E-state index is 12.1. The third-order valence-electron chi connectivity index (χ3n) is 3.53. The fourth-order valence-electron chi connectivity index (χ4n) is 2.34. The molecule has 0 bridgehead atoms. The third-order valence-corrected chi connectivity index (χ3v) is 3.99. The standard InChI is InChI=1S/C12H15Cl2N3O/c1-12(2)5-3-4-8(12)15-11(18)7-6-9(13)16-17-10(7)14/h6,8H,3-5H2,1-2H3,(H,15,18). The predicted molar refractivity (Wildman–Crippen MR) is 70.9 cm³/mol. The topological polar surface area (TPSA) is 54.9 Å². The number of carbonyl (C=O) groups is 1. The average molecular weight is 288 g/mol. The summed E-state index contributed by atoms with van der Waals surface area (Å²) in [6.07, 6.45) is 3.23. The molecule has 1 fully saturated rings. The second kappa shape index (κ2) is 5.02. The Balaban J connectivity index is 2.15. The maximum Gasteiger partial charge on any atom is 0.254 e. The first-order valence-corrected chi connectivity index (χ1v) is 6.65. The van der Waals surface area contributed by atoms with Crippen molar-refractivity contribution in [1.82, 2.24) is 15.5 Å². The first kappa shape index (κ1) is 13.6. The summed E-state index contributed by atoms with van der Waals surface area (Å²) in [4.78, 5) is 12.1. The molecule has 18 heavy (non-hydrogen) atoms. The highest BCUT2D eigenvalue weighted by Gasteiger charge is 2.35. The molecular weight excluding hydrogens is 273 g/mol. The Labute approximate surface area is 116 Å². The first-order chi connectivity index (χ1) is 8.40. The lowest BCUT2D eigenvalue weighted by molar-refractivity contribution is 0.0909. The van der Waals surface area contributed by atoms with Gasteiger partial charge in [-0.15, -0.1) is 10.2 Å². The minimum atomic E-state index is -0.239. The highest BCUT2D eigenvalue weighted by Crippen LogP contribution is 2.37. The third kappa shape index (κ3) is 2.75. The van der Waals surface area contributed by atoms with Crippen LogP contribution in [0, 0.1) is 5.41 Å². The summed E-state index contributed by atoms with van der Waals surface area (Å²) in [6.45, 7) is 4.31. The van der Waals surface area contributed by atoms with Gasteiger partial charge in [0.15, 0.2) is 10.3 Å². The maximum absolute atomic E-state index is 12.1. The SMILES string of the molecule is CC1(C)CCCC1NC(=O)c1cc(Cl)nnc1Cl. The van der Waals surface area contributed by atoms with E-state index < -0.39 is 0 Å². The van der Waals surface area contributed by atoms with Crippen LogP contribution in [0.5, 0.6) is 0 Å². The molecule has 1 aliphatic rings. The number of halogens is 2. The molecule has 1 aromatic rings. The Hall–Kier alpha value is -0.870. The summed E-state index contributed by atoms with van der Waals surface area (Å²) in [5.41, 5.74) is 0.395. The van der Waals surface area contributed by atoms with Gasteiger partial charge in [-0.25, -0.2) is 0 Å². The molecule has 0 spiro atoms. The van der Waals surface area contributed by atoms with E-state index in [1.54, 1.807) is 0 Å². The molecule has 1 aliphatic carbocycles. The number of hydrogen-bond acceptors (Lipinski definition) is 3. The Morgan fingerprint density at radius 3 is 2.78 bits per heavy atom. The predicted octanol–water partition coefficient (Wildman–Crippen LogP) is 3.09. The van der Waals surface area contributed by atoms with Crippen molar-refractivity contribution in [1.29, 1.82) is 0 Å². The Morgan fingerprint density at radius 1 is 1.44 bits per heavy atom. The highest BCUT2D eigenvalue weighted by molar-refractivity contribution is 6.34. The van der Waals surface area contributed by atoms with Gasteiger partial charge in [0.1, 0.15) is 0 Å². The molecule has 1 unspecified atom stereocenters. The quantitative estimate of drug-likeness (QED) is 0.909. The van der Waals surface area contributed by atoms with Gasteiger partial charge in [-0.3, -0.25) is 4.79 Å². The molecule has 6 heteroatoms. The monoisotopic (exact) mass is 287 g/mol. The molecule has 1 N–H and O–H groups in total. The van der Waals surface area contributed by atoms with Gasteiger partial charge in [-0.2, -0.15) is 0 Å². The second-order valence-corrected chi connectivity index (χ2v) is 6.02. The van der Waals surface area contributed by atoms with Crippen LogP contribution in [0.25, 0.3) is 0 Å². The second-order valence-electron chi connectivity index (χ2n) is 5.28. The number of nitrogens with zero attached hydrogens (tertiary/aromatic N) is 2. The summed E-state index contributed by atoms with van der Waals surface area (Å²) in [5, 5.41) is 10.5. The zero-order chi connectivity index (χ0) is 13.3. The van der Waals surface area contributed by atoms with Crippen LogP contribution in [-0.2, 0) is 0 Å². The lowest BCUT2D eigenvalue weighted by Gasteiger charge is -2.27. The van der Waals surface area contributed by atoms with Gasteiger partial charge in [-0.1, -0.05) is 43.5 Å². The molecule has 1 aromatic heterocycles. The van der Waals surface area contributed by atoms with Crippen molar-refractivity contribution in [3.63, 3.8) is 0 Å². The van der Waals surface area contributed by atoms with Crippen molar-refractivity contribution < 1.29 is 4.79 Å². The van der Waals surface area contributed by atoms with Crippen LogP contribution in [0.4, 0.5) is 0 Å². The van der Waals surface area contributed by atoms with Crippen molar-refractivity contribution in [3.05, 3.63) is 21.9 Å². The average Bonchev–Trinajstić information content (AvgIpc) is 2.62. The smallest absolute Gasteiger partial charge is 0.254 e. The fraction of sp³-hybridized carbons (Fsp3) is 0.583. The van der Waals surface area contributed by atoms with Crippen LogP contribution in [0.2, 0.25) is 10.3 Å². The lowest BCUT2D eigenvalue weighted by Crippen LogP contribution is -2.41. The minimum Gasteiger partial charge on any atom is -0.349 e. The van der Waals surface area contributed by atoms with E-state index >= 15 is 0 Å². The summed E-state index contributed by atoms with van der Waals surface area (Å²) in [5.74, 6) is -0.239. The number of nitrogens with one attached hydrogen (secondary N) is 1. The van der Waals surface area contributed by atoms with E-state index in [4.69, 9.17) is 23.2 Å². The molecule has 1 amide bonds. The molecule has 1 saturated carbocycles. The summed E-state index contributed by atoms with van der Waals surface area (Å²) in [6, 6.07) is 1.60. The van der Waals surface area contributed by atoms with Crippen LogP contribution >= 0.6 is 23.2 Å². The van der Waals surface area contributed by atoms with Crippen molar-refractivity contribution >= 4 is 29.1 Å². The summed E-state index contributed by atoms with van der Waals surface area (Å²) >= 11 is 11.6. The summed E-state index contributed by atoms with van der Waals surface area (Å²) < 4.78 is 0. The molecule has 98 valence electrons. The molecule has 2 rings (SSSR count). The van der Waals surface area contributed by atoms with Crippen LogP contribution in [0.1, 0.15) is 43.5 Å². The minimum absolute atomic E-state index is 0.0766. The number of aromatic nitrogens is 2. The molecule has 0 aliphatic heterocycles. The normalized spacial score (nSPS) is 21.9. The zero-order valence-electron chi connectivity index (χ0n) is 10.3. The van der Waals surface area contributed by atoms with Gasteiger partial charge in [0.25, 0.3) is 5.91 Å². The molecule has 0 aromatic carbocycles. The van der Waals surface area contributed by atoms with Crippen molar-refractivity contribution in [2.75, 3.05) is 0 Å².